The lowest BCUT2D eigenvalue weighted by Crippen LogP contribution is -2.26. The maximum absolute atomic E-state index is 10.0. The zero-order chi connectivity index (χ0) is 7.40. The lowest BCUT2D eigenvalue weighted by Gasteiger charge is -2.17. The first-order chi connectivity index (χ1) is 4.88. The Kier molecular flexibility index (Phi) is 2.87. The van der Waals surface area contributed by atoms with Gasteiger partial charge in [-0.15, -0.1) is 0 Å². The molecular weight excluding hydrogens is 126 g/mol. The van der Waals surface area contributed by atoms with Crippen LogP contribution in [0.3, 0.4) is 0 Å². The van der Waals surface area contributed by atoms with Crippen molar-refractivity contribution >= 4 is 6.29 Å². The predicted octanol–water partition coefficient (Wildman–Crippen LogP) is 1.06. The number of carbonyl (C=O) groups is 1. The van der Waals surface area contributed by atoms with Crippen LogP contribution in [-0.4, -0.2) is 30.3 Å². The van der Waals surface area contributed by atoms with Crippen molar-refractivity contribution in [2.75, 3.05) is 13.1 Å². The molecule has 0 aromatic heterocycles. The summed E-state index contributed by atoms with van der Waals surface area (Å²) in [6.07, 6.45) is 4.38. The lowest BCUT2D eigenvalue weighted by molar-refractivity contribution is -0.108. The molecule has 0 saturated heterocycles. The Morgan fingerprint density at radius 2 is 2.30 bits per heavy atom. The van der Waals surface area contributed by atoms with E-state index < -0.39 is 0 Å². The van der Waals surface area contributed by atoms with Gasteiger partial charge in [-0.1, -0.05) is 6.92 Å². The van der Waals surface area contributed by atoms with E-state index in [4.69, 9.17) is 0 Å². The molecule has 0 unspecified atom stereocenters. The minimum absolute atomic E-state index is 0.699. The Labute approximate surface area is 62.2 Å². The van der Waals surface area contributed by atoms with Gasteiger partial charge in [-0.2, -0.15) is 0 Å². The summed E-state index contributed by atoms with van der Waals surface area (Å²) in [7, 11) is 0. The van der Waals surface area contributed by atoms with E-state index in [9.17, 15) is 4.79 Å². The molecule has 0 aromatic rings. The molecule has 0 N–H and O–H groups in total. The van der Waals surface area contributed by atoms with E-state index in [0.717, 1.165) is 25.4 Å². The summed E-state index contributed by atoms with van der Waals surface area (Å²) in [5, 5.41) is 0. The highest BCUT2D eigenvalue weighted by Crippen LogP contribution is 2.26. The smallest absolute Gasteiger partial charge is 0.121 e. The summed E-state index contributed by atoms with van der Waals surface area (Å²) in [5.41, 5.74) is 0. The minimum Gasteiger partial charge on any atom is -0.303 e. The highest BCUT2D eigenvalue weighted by molar-refractivity contribution is 5.49. The minimum atomic E-state index is 0.699. The fraction of sp³-hybridized carbons (Fsp3) is 0.875. The van der Waals surface area contributed by atoms with E-state index >= 15 is 0 Å². The van der Waals surface area contributed by atoms with Crippen LogP contribution in [0.1, 0.15) is 26.2 Å². The Morgan fingerprint density at radius 1 is 1.60 bits per heavy atom. The van der Waals surface area contributed by atoms with Gasteiger partial charge in [-0.05, 0) is 19.4 Å². The molecule has 0 amide bonds. The fourth-order valence-electron chi connectivity index (χ4n) is 1.26. The Hall–Kier alpha value is -0.370. The molecule has 2 nitrogen and oxygen atoms in total. The third kappa shape index (κ3) is 2.10. The third-order valence-corrected chi connectivity index (χ3v) is 2.00. The van der Waals surface area contributed by atoms with Crippen LogP contribution >= 0.6 is 0 Å². The van der Waals surface area contributed by atoms with Crippen molar-refractivity contribution in [3.8, 4) is 0 Å². The van der Waals surface area contributed by atoms with Crippen molar-refractivity contribution < 1.29 is 4.79 Å². The third-order valence-electron chi connectivity index (χ3n) is 2.00. The van der Waals surface area contributed by atoms with Crippen molar-refractivity contribution in [1.82, 2.24) is 4.90 Å². The normalized spacial score (nSPS) is 17.8. The Morgan fingerprint density at radius 3 is 2.70 bits per heavy atom. The summed E-state index contributed by atoms with van der Waals surface area (Å²) in [5.74, 6) is 0. The number of rotatable bonds is 5. The number of hydrogen-bond donors (Lipinski definition) is 0. The molecule has 10 heavy (non-hydrogen) atoms. The molecule has 1 fully saturated rings. The van der Waals surface area contributed by atoms with Crippen molar-refractivity contribution in [2.24, 2.45) is 0 Å². The molecule has 1 rings (SSSR count). The van der Waals surface area contributed by atoms with Crippen molar-refractivity contribution in [3.05, 3.63) is 0 Å². The standard InChI is InChI=1S/C8H15NO/c1-2-9(6-3-7-10)8-4-5-8/h7-8H,2-6H2,1H3. The summed E-state index contributed by atoms with van der Waals surface area (Å²) >= 11 is 0. The van der Waals surface area contributed by atoms with Crippen LogP contribution in [-0.2, 0) is 4.79 Å². The Balaban J connectivity index is 2.12. The van der Waals surface area contributed by atoms with E-state index in [0.29, 0.717) is 6.42 Å². The van der Waals surface area contributed by atoms with Crippen LogP contribution < -0.4 is 0 Å². The van der Waals surface area contributed by atoms with Crippen LogP contribution in [0.25, 0.3) is 0 Å². The van der Waals surface area contributed by atoms with Crippen LogP contribution in [0, 0.1) is 0 Å². The van der Waals surface area contributed by atoms with Gasteiger partial charge >= 0.3 is 0 Å². The van der Waals surface area contributed by atoms with Gasteiger partial charge in [0.25, 0.3) is 0 Å². The molecule has 58 valence electrons. The topological polar surface area (TPSA) is 20.3 Å². The molecular formula is C8H15NO. The number of aldehydes is 1. The van der Waals surface area contributed by atoms with Gasteiger partial charge < -0.3 is 9.69 Å². The van der Waals surface area contributed by atoms with Gasteiger partial charge in [-0.25, -0.2) is 0 Å². The predicted molar refractivity (Wildman–Crippen MR) is 41.0 cm³/mol. The van der Waals surface area contributed by atoms with Crippen LogP contribution in [0.5, 0.6) is 0 Å². The average Bonchev–Trinajstić information content (AvgIpc) is 2.73. The molecule has 0 aromatic carbocycles. The molecule has 1 saturated carbocycles. The first-order valence-electron chi connectivity index (χ1n) is 4.06. The van der Waals surface area contributed by atoms with Gasteiger partial charge in [0.05, 0.1) is 0 Å². The summed E-state index contributed by atoms with van der Waals surface area (Å²) in [6.45, 7) is 4.21. The van der Waals surface area contributed by atoms with Crippen LogP contribution in [0.4, 0.5) is 0 Å². The maximum atomic E-state index is 10.0. The van der Waals surface area contributed by atoms with E-state index in [-0.39, 0.29) is 0 Å². The molecule has 0 aliphatic heterocycles. The van der Waals surface area contributed by atoms with Gasteiger partial charge in [-0.3, -0.25) is 0 Å². The maximum Gasteiger partial charge on any atom is 0.121 e. The quantitative estimate of drug-likeness (QED) is 0.533. The first-order valence-corrected chi connectivity index (χ1v) is 4.06. The molecule has 1 aliphatic rings. The largest absolute Gasteiger partial charge is 0.303 e. The van der Waals surface area contributed by atoms with E-state index in [1.165, 1.54) is 12.8 Å². The second-order valence-corrected chi connectivity index (χ2v) is 2.82. The fourth-order valence-corrected chi connectivity index (χ4v) is 1.26. The van der Waals surface area contributed by atoms with Crippen molar-refractivity contribution in [3.63, 3.8) is 0 Å². The Bertz CT molecular complexity index is 110. The molecule has 0 atom stereocenters. The highest BCUT2D eigenvalue weighted by atomic mass is 16.1. The summed E-state index contributed by atoms with van der Waals surface area (Å²) < 4.78 is 0. The van der Waals surface area contributed by atoms with E-state index in [1.807, 2.05) is 0 Å². The number of hydrogen-bond acceptors (Lipinski definition) is 2. The molecule has 2 heteroatoms. The number of nitrogens with zero attached hydrogens (tertiary/aromatic N) is 1. The summed E-state index contributed by atoms with van der Waals surface area (Å²) in [6, 6.07) is 0.810. The molecule has 0 spiro atoms. The van der Waals surface area contributed by atoms with Crippen molar-refractivity contribution in [2.45, 2.75) is 32.2 Å². The zero-order valence-electron chi connectivity index (χ0n) is 6.55. The first kappa shape index (κ1) is 7.73. The monoisotopic (exact) mass is 141 g/mol. The van der Waals surface area contributed by atoms with Gasteiger partial charge in [0.1, 0.15) is 6.29 Å². The molecule has 0 heterocycles. The molecule has 0 bridgehead atoms. The second-order valence-electron chi connectivity index (χ2n) is 2.82. The molecule has 0 radical (unpaired) electrons. The average molecular weight is 141 g/mol. The van der Waals surface area contributed by atoms with E-state index in [2.05, 4.69) is 11.8 Å². The van der Waals surface area contributed by atoms with Gasteiger partial charge in [0.2, 0.25) is 0 Å². The van der Waals surface area contributed by atoms with Crippen LogP contribution in [0.2, 0.25) is 0 Å². The van der Waals surface area contributed by atoms with Crippen molar-refractivity contribution in [1.29, 1.82) is 0 Å². The van der Waals surface area contributed by atoms with E-state index in [1.54, 1.807) is 0 Å². The summed E-state index contributed by atoms with van der Waals surface area (Å²) in [4.78, 5) is 12.4. The SMILES string of the molecule is CCN(CCC=O)C1CC1. The zero-order valence-corrected chi connectivity index (χ0v) is 6.55. The van der Waals surface area contributed by atoms with Crippen LogP contribution in [0.15, 0.2) is 0 Å². The molecule has 1 aliphatic carbocycles. The highest BCUT2D eigenvalue weighted by Gasteiger charge is 2.26. The van der Waals surface area contributed by atoms with Gasteiger partial charge in [0, 0.05) is 19.0 Å². The lowest BCUT2D eigenvalue weighted by atomic mass is 10.4. The number of carbonyl (C=O) groups excluding carboxylic acids is 1. The van der Waals surface area contributed by atoms with Gasteiger partial charge in [0.15, 0.2) is 0 Å². The second kappa shape index (κ2) is 3.71.